The molecular formula is C15H25N3O2S. The minimum atomic E-state index is -3.43. The third-order valence-corrected chi connectivity index (χ3v) is 6.05. The summed E-state index contributed by atoms with van der Waals surface area (Å²) in [6, 6.07) is 4.95. The first-order chi connectivity index (χ1) is 9.63. The lowest BCUT2D eigenvalue weighted by atomic mass is 9.82. The van der Waals surface area contributed by atoms with Crippen LogP contribution in [0.15, 0.2) is 23.1 Å². The van der Waals surface area contributed by atoms with Crippen LogP contribution >= 0.6 is 0 Å². The second-order valence-electron chi connectivity index (χ2n) is 6.66. The molecule has 0 aromatic heterocycles. The highest BCUT2D eigenvalue weighted by Gasteiger charge is 2.27. The van der Waals surface area contributed by atoms with E-state index in [-0.39, 0.29) is 0 Å². The maximum atomic E-state index is 12.2. The van der Waals surface area contributed by atoms with E-state index in [9.17, 15) is 8.42 Å². The average Bonchev–Trinajstić information content (AvgIpc) is 2.39. The minimum absolute atomic E-state index is 0.293. The van der Waals surface area contributed by atoms with Gasteiger partial charge in [0.15, 0.2) is 0 Å². The molecule has 21 heavy (non-hydrogen) atoms. The Morgan fingerprint density at radius 2 is 1.76 bits per heavy atom. The van der Waals surface area contributed by atoms with Crippen LogP contribution in [0.25, 0.3) is 0 Å². The highest BCUT2D eigenvalue weighted by atomic mass is 32.2. The number of sulfonamides is 1. The Labute approximate surface area is 127 Å². The van der Waals surface area contributed by atoms with E-state index in [0.29, 0.717) is 16.0 Å². The molecule has 0 bridgehead atoms. The first-order valence-electron chi connectivity index (χ1n) is 7.20. The minimum Gasteiger partial charge on any atom is -0.397 e. The van der Waals surface area contributed by atoms with Crippen LogP contribution in [-0.2, 0) is 10.0 Å². The summed E-state index contributed by atoms with van der Waals surface area (Å²) in [7, 11) is -0.354. The number of benzene rings is 1. The molecule has 0 atom stereocenters. The summed E-state index contributed by atoms with van der Waals surface area (Å²) in [5.41, 5.74) is 7.86. The molecule has 0 amide bonds. The number of nitrogen functional groups attached to an aromatic ring is 1. The number of nitrogens with zero attached hydrogens (tertiary/aromatic N) is 2. The number of piperidine rings is 1. The summed E-state index contributed by atoms with van der Waals surface area (Å²) >= 11 is 0. The molecule has 1 heterocycles. The van der Waals surface area contributed by atoms with Gasteiger partial charge in [-0.05, 0) is 36.5 Å². The third kappa shape index (κ3) is 3.32. The molecule has 0 radical (unpaired) electrons. The Hall–Kier alpha value is -1.27. The molecule has 118 valence electrons. The molecule has 1 aromatic rings. The van der Waals surface area contributed by atoms with Gasteiger partial charge in [0.1, 0.15) is 0 Å². The molecule has 0 spiro atoms. The molecule has 5 nitrogen and oxygen atoms in total. The van der Waals surface area contributed by atoms with Crippen LogP contribution in [-0.4, -0.2) is 39.9 Å². The van der Waals surface area contributed by atoms with Gasteiger partial charge in [0.2, 0.25) is 10.0 Å². The van der Waals surface area contributed by atoms with E-state index < -0.39 is 10.0 Å². The fourth-order valence-corrected chi connectivity index (χ4v) is 3.44. The lowest BCUT2D eigenvalue weighted by Crippen LogP contribution is -2.37. The van der Waals surface area contributed by atoms with E-state index >= 15 is 0 Å². The Kier molecular flexibility index (Phi) is 4.22. The summed E-state index contributed by atoms with van der Waals surface area (Å²) in [5, 5.41) is 0. The number of anilines is 2. The molecule has 2 N–H and O–H groups in total. The van der Waals surface area contributed by atoms with Gasteiger partial charge in [-0.1, -0.05) is 13.8 Å². The highest BCUT2D eigenvalue weighted by molar-refractivity contribution is 7.89. The maximum Gasteiger partial charge on any atom is 0.242 e. The van der Waals surface area contributed by atoms with E-state index in [4.69, 9.17) is 5.73 Å². The standard InChI is InChI=1S/C15H25N3O2S/c1-15(2)7-9-18(10-8-15)14-11-12(5-6-13(14)16)21(19,20)17(3)4/h5-6,11H,7-10,16H2,1-4H3. The van der Waals surface area contributed by atoms with E-state index in [2.05, 4.69) is 18.7 Å². The van der Waals surface area contributed by atoms with Crippen molar-refractivity contribution < 1.29 is 8.42 Å². The second kappa shape index (κ2) is 5.50. The van der Waals surface area contributed by atoms with Gasteiger partial charge in [-0.25, -0.2) is 12.7 Å². The van der Waals surface area contributed by atoms with Gasteiger partial charge in [-0.2, -0.15) is 0 Å². The summed E-state index contributed by atoms with van der Waals surface area (Å²) in [5.74, 6) is 0. The van der Waals surface area contributed by atoms with Crippen LogP contribution in [0.5, 0.6) is 0 Å². The molecule has 0 unspecified atom stereocenters. The molecule has 1 aliphatic heterocycles. The van der Waals surface area contributed by atoms with Gasteiger partial charge < -0.3 is 10.6 Å². The number of nitrogens with two attached hydrogens (primary N) is 1. The second-order valence-corrected chi connectivity index (χ2v) is 8.81. The Morgan fingerprint density at radius 1 is 1.19 bits per heavy atom. The molecule has 6 heteroatoms. The van der Waals surface area contributed by atoms with Crippen LogP contribution in [0, 0.1) is 5.41 Å². The van der Waals surface area contributed by atoms with E-state index in [0.717, 1.165) is 31.6 Å². The maximum absolute atomic E-state index is 12.2. The van der Waals surface area contributed by atoms with Crippen LogP contribution in [0.1, 0.15) is 26.7 Å². The molecule has 1 aromatic carbocycles. The lowest BCUT2D eigenvalue weighted by Gasteiger charge is -2.38. The van der Waals surface area contributed by atoms with Crippen LogP contribution < -0.4 is 10.6 Å². The Balaban J connectivity index is 2.33. The lowest BCUT2D eigenvalue weighted by molar-refractivity contribution is 0.280. The first kappa shape index (κ1) is 16.1. The molecule has 2 rings (SSSR count). The molecule has 1 saturated heterocycles. The summed E-state index contributed by atoms with van der Waals surface area (Å²) in [6.45, 7) is 6.34. The quantitative estimate of drug-likeness (QED) is 0.869. The number of rotatable bonds is 3. The normalized spacial score (nSPS) is 19.0. The monoisotopic (exact) mass is 311 g/mol. The van der Waals surface area contributed by atoms with Crippen molar-refractivity contribution in [2.45, 2.75) is 31.6 Å². The first-order valence-corrected chi connectivity index (χ1v) is 8.64. The van der Waals surface area contributed by atoms with Gasteiger partial charge in [0.25, 0.3) is 0 Å². The van der Waals surface area contributed by atoms with Crippen molar-refractivity contribution in [3.63, 3.8) is 0 Å². The summed E-state index contributed by atoms with van der Waals surface area (Å²) in [6.07, 6.45) is 2.16. The smallest absolute Gasteiger partial charge is 0.242 e. The number of hydrogen-bond acceptors (Lipinski definition) is 4. The fourth-order valence-electron chi connectivity index (χ4n) is 2.52. The predicted octanol–water partition coefficient (Wildman–Crippen LogP) is 2.15. The molecule has 1 aliphatic rings. The molecular weight excluding hydrogens is 286 g/mol. The van der Waals surface area contributed by atoms with E-state index in [1.807, 2.05) is 0 Å². The SMILES string of the molecule is CN(C)S(=O)(=O)c1ccc(N)c(N2CCC(C)(C)CC2)c1. The average molecular weight is 311 g/mol. The topological polar surface area (TPSA) is 66.6 Å². The van der Waals surface area contributed by atoms with E-state index in [1.165, 1.54) is 18.4 Å². The van der Waals surface area contributed by atoms with Gasteiger partial charge in [-0.3, -0.25) is 0 Å². The Morgan fingerprint density at radius 3 is 2.29 bits per heavy atom. The highest BCUT2D eigenvalue weighted by Crippen LogP contribution is 2.35. The van der Waals surface area contributed by atoms with Gasteiger partial charge in [0, 0.05) is 27.2 Å². The predicted molar refractivity (Wildman–Crippen MR) is 87.0 cm³/mol. The van der Waals surface area contributed by atoms with Crippen molar-refractivity contribution in [3.05, 3.63) is 18.2 Å². The van der Waals surface area contributed by atoms with Crippen molar-refractivity contribution >= 4 is 21.4 Å². The summed E-state index contributed by atoms with van der Waals surface area (Å²) < 4.78 is 25.7. The van der Waals surface area contributed by atoms with Crippen LogP contribution in [0.2, 0.25) is 0 Å². The largest absolute Gasteiger partial charge is 0.397 e. The molecule has 1 fully saturated rings. The molecule has 0 aliphatic carbocycles. The van der Waals surface area contributed by atoms with Crippen molar-refractivity contribution in [1.29, 1.82) is 0 Å². The molecule has 0 saturated carbocycles. The van der Waals surface area contributed by atoms with Gasteiger partial charge in [-0.15, -0.1) is 0 Å². The van der Waals surface area contributed by atoms with Gasteiger partial charge in [0.05, 0.1) is 16.3 Å². The van der Waals surface area contributed by atoms with Crippen molar-refractivity contribution in [2.24, 2.45) is 5.41 Å². The zero-order chi connectivity index (χ0) is 15.8. The van der Waals surface area contributed by atoms with E-state index in [1.54, 1.807) is 18.2 Å². The zero-order valence-corrected chi connectivity index (χ0v) is 14.1. The van der Waals surface area contributed by atoms with Crippen molar-refractivity contribution in [3.8, 4) is 0 Å². The van der Waals surface area contributed by atoms with Crippen LogP contribution in [0.3, 0.4) is 0 Å². The fraction of sp³-hybridized carbons (Fsp3) is 0.600. The summed E-state index contributed by atoms with van der Waals surface area (Å²) in [4.78, 5) is 2.48. The third-order valence-electron chi connectivity index (χ3n) is 4.24. The van der Waals surface area contributed by atoms with Crippen molar-refractivity contribution in [2.75, 3.05) is 37.8 Å². The van der Waals surface area contributed by atoms with Gasteiger partial charge >= 0.3 is 0 Å². The number of hydrogen-bond donors (Lipinski definition) is 1. The van der Waals surface area contributed by atoms with Crippen LogP contribution in [0.4, 0.5) is 11.4 Å². The Bertz CT molecular complexity index is 614. The zero-order valence-electron chi connectivity index (χ0n) is 13.3. The van der Waals surface area contributed by atoms with Crippen molar-refractivity contribution in [1.82, 2.24) is 4.31 Å².